The zero-order valence-electron chi connectivity index (χ0n) is 13.7. The van der Waals surface area contributed by atoms with E-state index in [9.17, 15) is 0 Å². The standard InChI is InChI=1S/C18H27ClN2O/c1-20-10-7-14(8-11-20)17-6-5-15(19)12-18(17)22-13-16-4-3-9-21(16)2/h5-6,12,14,16H,3-4,7-11,13H2,1-2H3. The van der Waals surface area contributed by atoms with Gasteiger partial charge in [0, 0.05) is 11.1 Å². The third-order valence-electron chi connectivity index (χ3n) is 5.24. The van der Waals surface area contributed by atoms with Gasteiger partial charge >= 0.3 is 0 Å². The van der Waals surface area contributed by atoms with E-state index in [1.807, 2.05) is 12.1 Å². The minimum atomic E-state index is 0.546. The Morgan fingerprint density at radius 2 is 1.91 bits per heavy atom. The van der Waals surface area contributed by atoms with Gasteiger partial charge in [-0.25, -0.2) is 0 Å². The molecule has 0 spiro atoms. The van der Waals surface area contributed by atoms with E-state index in [0.29, 0.717) is 12.0 Å². The quantitative estimate of drug-likeness (QED) is 0.842. The van der Waals surface area contributed by atoms with Crippen LogP contribution in [0.4, 0.5) is 0 Å². The number of hydrogen-bond donors (Lipinski definition) is 0. The highest BCUT2D eigenvalue weighted by Crippen LogP contribution is 2.36. The van der Waals surface area contributed by atoms with Crippen LogP contribution >= 0.6 is 11.6 Å². The summed E-state index contributed by atoms with van der Waals surface area (Å²) in [5, 5.41) is 0.770. The van der Waals surface area contributed by atoms with E-state index in [4.69, 9.17) is 16.3 Å². The minimum Gasteiger partial charge on any atom is -0.492 e. The summed E-state index contributed by atoms with van der Waals surface area (Å²) in [7, 11) is 4.39. The Morgan fingerprint density at radius 1 is 1.14 bits per heavy atom. The molecule has 2 aliphatic rings. The molecule has 2 fully saturated rings. The second-order valence-electron chi connectivity index (χ2n) is 6.85. The molecule has 2 saturated heterocycles. The second kappa shape index (κ2) is 7.20. The van der Waals surface area contributed by atoms with Crippen molar-refractivity contribution in [2.75, 3.05) is 40.3 Å². The molecule has 1 aromatic carbocycles. The Balaban J connectivity index is 1.70. The Kier molecular flexibility index (Phi) is 5.27. The van der Waals surface area contributed by atoms with E-state index in [0.717, 1.165) is 30.5 Å². The summed E-state index contributed by atoms with van der Waals surface area (Å²) >= 11 is 6.20. The Bertz CT molecular complexity index is 500. The maximum absolute atomic E-state index is 6.21. The molecule has 0 aromatic heterocycles. The first kappa shape index (κ1) is 16.1. The van der Waals surface area contributed by atoms with Crippen molar-refractivity contribution in [2.24, 2.45) is 0 Å². The predicted molar refractivity (Wildman–Crippen MR) is 92.1 cm³/mol. The van der Waals surface area contributed by atoms with E-state index in [1.165, 1.54) is 37.8 Å². The van der Waals surface area contributed by atoms with Crippen LogP contribution in [0.15, 0.2) is 18.2 Å². The predicted octanol–water partition coefficient (Wildman–Crippen LogP) is 3.62. The van der Waals surface area contributed by atoms with Gasteiger partial charge in [-0.3, -0.25) is 0 Å². The molecule has 2 heterocycles. The molecular weight excluding hydrogens is 296 g/mol. The van der Waals surface area contributed by atoms with Gasteiger partial charge in [0.25, 0.3) is 0 Å². The van der Waals surface area contributed by atoms with Crippen molar-refractivity contribution in [3.05, 3.63) is 28.8 Å². The molecule has 2 aliphatic heterocycles. The van der Waals surface area contributed by atoms with Crippen molar-refractivity contribution in [3.63, 3.8) is 0 Å². The van der Waals surface area contributed by atoms with Crippen molar-refractivity contribution in [2.45, 2.75) is 37.6 Å². The molecule has 0 aliphatic carbocycles. The zero-order chi connectivity index (χ0) is 15.5. The number of piperidine rings is 1. The van der Waals surface area contributed by atoms with Crippen LogP contribution < -0.4 is 4.74 Å². The van der Waals surface area contributed by atoms with Crippen LogP contribution in [0.2, 0.25) is 5.02 Å². The Hall–Kier alpha value is -0.770. The third kappa shape index (κ3) is 3.76. The second-order valence-corrected chi connectivity index (χ2v) is 7.28. The van der Waals surface area contributed by atoms with Crippen LogP contribution in [-0.2, 0) is 0 Å². The normalized spacial score (nSPS) is 24.8. The lowest BCUT2D eigenvalue weighted by atomic mass is 9.89. The smallest absolute Gasteiger partial charge is 0.124 e. The number of likely N-dealkylation sites (tertiary alicyclic amines) is 2. The fourth-order valence-corrected chi connectivity index (χ4v) is 3.83. The van der Waals surface area contributed by atoms with E-state index < -0.39 is 0 Å². The number of rotatable bonds is 4. The number of benzene rings is 1. The molecule has 22 heavy (non-hydrogen) atoms. The van der Waals surface area contributed by atoms with Crippen molar-refractivity contribution >= 4 is 11.6 Å². The molecule has 0 saturated carbocycles. The third-order valence-corrected chi connectivity index (χ3v) is 5.47. The maximum atomic E-state index is 6.21. The fourth-order valence-electron chi connectivity index (χ4n) is 3.67. The molecule has 4 heteroatoms. The average Bonchev–Trinajstić information content (AvgIpc) is 2.92. The molecule has 3 rings (SSSR count). The van der Waals surface area contributed by atoms with Crippen LogP contribution in [0.5, 0.6) is 5.75 Å². The monoisotopic (exact) mass is 322 g/mol. The molecule has 1 atom stereocenters. The number of nitrogens with zero attached hydrogens (tertiary/aromatic N) is 2. The van der Waals surface area contributed by atoms with Crippen LogP contribution in [-0.4, -0.2) is 56.2 Å². The van der Waals surface area contributed by atoms with E-state index >= 15 is 0 Å². The molecular formula is C18H27ClN2O. The lowest BCUT2D eigenvalue weighted by Gasteiger charge is -2.30. The first-order valence-corrected chi connectivity index (χ1v) is 8.82. The SMILES string of the molecule is CN1CCC(c2ccc(Cl)cc2OCC2CCCN2C)CC1. The summed E-state index contributed by atoms with van der Waals surface area (Å²) in [5.41, 5.74) is 1.35. The highest BCUT2D eigenvalue weighted by Gasteiger charge is 2.24. The van der Waals surface area contributed by atoms with Gasteiger partial charge in [-0.05, 0) is 83.0 Å². The summed E-state index contributed by atoms with van der Waals surface area (Å²) in [6.45, 7) is 4.29. The molecule has 122 valence electrons. The van der Waals surface area contributed by atoms with Gasteiger partial charge in [0.05, 0.1) is 0 Å². The van der Waals surface area contributed by atoms with E-state index in [1.54, 1.807) is 0 Å². The molecule has 0 radical (unpaired) electrons. The lowest BCUT2D eigenvalue weighted by Crippen LogP contribution is -2.31. The van der Waals surface area contributed by atoms with Crippen LogP contribution in [0.3, 0.4) is 0 Å². The van der Waals surface area contributed by atoms with Crippen molar-refractivity contribution in [1.29, 1.82) is 0 Å². The lowest BCUT2D eigenvalue weighted by molar-refractivity contribution is 0.194. The number of ether oxygens (including phenoxy) is 1. The summed E-state index contributed by atoms with van der Waals surface area (Å²) in [6.07, 6.45) is 4.93. The van der Waals surface area contributed by atoms with Gasteiger partial charge in [-0.15, -0.1) is 0 Å². The number of hydrogen-bond acceptors (Lipinski definition) is 3. The highest BCUT2D eigenvalue weighted by molar-refractivity contribution is 6.30. The first-order valence-electron chi connectivity index (χ1n) is 8.44. The molecule has 0 N–H and O–H groups in total. The molecule has 1 aromatic rings. The molecule has 0 bridgehead atoms. The minimum absolute atomic E-state index is 0.546. The number of halogens is 1. The fraction of sp³-hybridized carbons (Fsp3) is 0.667. The highest BCUT2D eigenvalue weighted by atomic mass is 35.5. The summed E-state index contributed by atoms with van der Waals surface area (Å²) < 4.78 is 6.21. The number of likely N-dealkylation sites (N-methyl/N-ethyl adjacent to an activating group) is 1. The Morgan fingerprint density at radius 3 is 2.59 bits per heavy atom. The molecule has 0 amide bonds. The van der Waals surface area contributed by atoms with E-state index in [2.05, 4.69) is 30.0 Å². The average molecular weight is 323 g/mol. The van der Waals surface area contributed by atoms with E-state index in [-0.39, 0.29) is 0 Å². The maximum Gasteiger partial charge on any atom is 0.124 e. The van der Waals surface area contributed by atoms with Gasteiger partial charge in [-0.2, -0.15) is 0 Å². The largest absolute Gasteiger partial charge is 0.492 e. The van der Waals surface area contributed by atoms with Gasteiger partial charge in [0.15, 0.2) is 0 Å². The zero-order valence-corrected chi connectivity index (χ0v) is 14.5. The van der Waals surface area contributed by atoms with Gasteiger partial charge in [-0.1, -0.05) is 17.7 Å². The van der Waals surface area contributed by atoms with Crippen LogP contribution in [0.25, 0.3) is 0 Å². The Labute approximate surface area is 139 Å². The van der Waals surface area contributed by atoms with Crippen LogP contribution in [0.1, 0.15) is 37.2 Å². The summed E-state index contributed by atoms with van der Waals surface area (Å²) in [4.78, 5) is 4.81. The van der Waals surface area contributed by atoms with Crippen LogP contribution in [0, 0.1) is 0 Å². The van der Waals surface area contributed by atoms with Crippen molar-refractivity contribution in [3.8, 4) is 5.75 Å². The van der Waals surface area contributed by atoms with Crippen molar-refractivity contribution in [1.82, 2.24) is 9.80 Å². The van der Waals surface area contributed by atoms with Gasteiger partial charge in [0.2, 0.25) is 0 Å². The van der Waals surface area contributed by atoms with Crippen molar-refractivity contribution < 1.29 is 4.74 Å². The molecule has 1 unspecified atom stereocenters. The van der Waals surface area contributed by atoms with Gasteiger partial charge in [0.1, 0.15) is 12.4 Å². The summed E-state index contributed by atoms with van der Waals surface area (Å²) in [6, 6.07) is 6.73. The summed E-state index contributed by atoms with van der Waals surface area (Å²) in [5.74, 6) is 1.60. The molecule has 3 nitrogen and oxygen atoms in total. The topological polar surface area (TPSA) is 15.7 Å². The first-order chi connectivity index (χ1) is 10.6. The van der Waals surface area contributed by atoms with Gasteiger partial charge < -0.3 is 14.5 Å².